The molecule has 0 amide bonds. The van der Waals surface area contributed by atoms with Crippen molar-refractivity contribution in [1.82, 2.24) is 4.90 Å². The lowest BCUT2D eigenvalue weighted by atomic mass is 9.77. The van der Waals surface area contributed by atoms with Gasteiger partial charge in [0.25, 0.3) is 0 Å². The van der Waals surface area contributed by atoms with Crippen LogP contribution < -0.4 is 0 Å². The van der Waals surface area contributed by atoms with Crippen molar-refractivity contribution in [3.63, 3.8) is 0 Å². The first-order valence-electron chi connectivity index (χ1n) is 7.21. The van der Waals surface area contributed by atoms with Crippen LogP contribution in [0.2, 0.25) is 0 Å². The number of nitrogens with zero attached hydrogens (tertiary/aromatic N) is 2. The molecule has 0 aromatic heterocycles. The molecule has 1 aromatic rings. The summed E-state index contributed by atoms with van der Waals surface area (Å²) in [5.74, 6) is -0.420. The van der Waals surface area contributed by atoms with E-state index >= 15 is 0 Å². The number of ether oxygens (including phenoxy) is 1. The van der Waals surface area contributed by atoms with E-state index in [1.54, 1.807) is 6.07 Å². The highest BCUT2D eigenvalue weighted by Gasteiger charge is 2.44. The second-order valence-electron chi connectivity index (χ2n) is 6.23. The average Bonchev–Trinajstić information content (AvgIpc) is 2.43. The van der Waals surface area contributed by atoms with Gasteiger partial charge in [0.05, 0.1) is 30.4 Å². The van der Waals surface area contributed by atoms with Gasteiger partial charge in [0.1, 0.15) is 5.82 Å². The lowest BCUT2D eigenvalue weighted by Gasteiger charge is -2.50. The van der Waals surface area contributed by atoms with Crippen LogP contribution in [0.25, 0.3) is 0 Å². The van der Waals surface area contributed by atoms with E-state index in [2.05, 4.69) is 11.9 Å². The molecule has 0 radical (unpaired) electrons. The van der Waals surface area contributed by atoms with Gasteiger partial charge in [-0.3, -0.25) is 4.90 Å². The zero-order chi connectivity index (χ0) is 15.0. The minimum absolute atomic E-state index is 0.202. The number of rotatable bonds is 2. The molecular formula is C16H19FN2O2. The Morgan fingerprint density at radius 2 is 2.10 bits per heavy atom. The highest BCUT2D eigenvalue weighted by atomic mass is 19.1. The zero-order valence-corrected chi connectivity index (χ0v) is 12.1. The lowest BCUT2D eigenvalue weighted by molar-refractivity contribution is -0.133. The van der Waals surface area contributed by atoms with Crippen LogP contribution in [0.4, 0.5) is 4.39 Å². The zero-order valence-electron chi connectivity index (χ0n) is 12.1. The van der Waals surface area contributed by atoms with Gasteiger partial charge in [-0.15, -0.1) is 0 Å². The summed E-state index contributed by atoms with van der Waals surface area (Å²) in [6.45, 7) is 1.26. The molecule has 2 saturated heterocycles. The van der Waals surface area contributed by atoms with Crippen LogP contribution in [-0.2, 0) is 11.2 Å². The molecule has 5 heteroatoms. The summed E-state index contributed by atoms with van der Waals surface area (Å²) in [6, 6.07) is 6.61. The normalized spacial score (nSPS) is 32.7. The van der Waals surface area contributed by atoms with Crippen molar-refractivity contribution >= 4 is 0 Å². The Labute approximate surface area is 123 Å². The van der Waals surface area contributed by atoms with Crippen LogP contribution in [0.15, 0.2) is 18.2 Å². The van der Waals surface area contributed by atoms with Gasteiger partial charge in [0.2, 0.25) is 0 Å². The van der Waals surface area contributed by atoms with Gasteiger partial charge < -0.3 is 9.84 Å². The Morgan fingerprint density at radius 3 is 2.71 bits per heavy atom. The quantitative estimate of drug-likeness (QED) is 0.896. The van der Waals surface area contributed by atoms with E-state index in [9.17, 15) is 9.50 Å². The summed E-state index contributed by atoms with van der Waals surface area (Å²) >= 11 is 0. The van der Waals surface area contributed by atoms with Crippen molar-refractivity contribution in [2.45, 2.75) is 36.9 Å². The summed E-state index contributed by atoms with van der Waals surface area (Å²) < 4.78 is 18.8. The Kier molecular flexibility index (Phi) is 3.70. The number of nitriles is 1. The third-order valence-electron chi connectivity index (χ3n) is 4.72. The van der Waals surface area contributed by atoms with Crippen molar-refractivity contribution < 1.29 is 14.2 Å². The number of benzene rings is 1. The maximum atomic E-state index is 13.2. The number of aliphatic hydroxyl groups is 1. The SMILES string of the molecule is CN1C2COCC1CC(O)(Cc1ccc(F)cc1C#N)C2. The molecule has 112 valence electrons. The molecule has 2 unspecified atom stereocenters. The summed E-state index contributed by atoms with van der Waals surface area (Å²) in [6.07, 6.45) is 1.61. The molecule has 2 heterocycles. The molecule has 0 spiro atoms. The van der Waals surface area contributed by atoms with E-state index in [1.165, 1.54) is 12.1 Å². The van der Waals surface area contributed by atoms with Crippen LogP contribution >= 0.6 is 0 Å². The summed E-state index contributed by atoms with van der Waals surface area (Å²) in [4.78, 5) is 2.27. The summed E-state index contributed by atoms with van der Waals surface area (Å²) in [5.41, 5.74) is 0.170. The Morgan fingerprint density at radius 1 is 1.43 bits per heavy atom. The first-order chi connectivity index (χ1) is 10.0. The van der Waals surface area contributed by atoms with E-state index < -0.39 is 11.4 Å². The molecule has 0 aliphatic carbocycles. The smallest absolute Gasteiger partial charge is 0.124 e. The summed E-state index contributed by atoms with van der Waals surface area (Å²) in [7, 11) is 2.07. The standard InChI is InChI=1S/C16H19FN2O2/c1-19-14-6-16(20,7-15(19)10-21-9-14)5-11-2-3-13(17)4-12(11)8-18/h2-4,14-15,20H,5-7,9-10H2,1H3. The van der Waals surface area contributed by atoms with Crippen molar-refractivity contribution in [2.24, 2.45) is 0 Å². The monoisotopic (exact) mass is 290 g/mol. The van der Waals surface area contributed by atoms with Gasteiger partial charge >= 0.3 is 0 Å². The third kappa shape index (κ3) is 2.80. The van der Waals surface area contributed by atoms with Gasteiger partial charge in [-0.1, -0.05) is 6.07 Å². The van der Waals surface area contributed by atoms with Crippen molar-refractivity contribution in [3.8, 4) is 6.07 Å². The number of piperidine rings is 1. The van der Waals surface area contributed by atoms with Gasteiger partial charge in [-0.2, -0.15) is 5.26 Å². The van der Waals surface area contributed by atoms with Gasteiger partial charge in [0.15, 0.2) is 0 Å². The predicted octanol–water partition coefficient (Wildman–Crippen LogP) is 1.46. The summed E-state index contributed by atoms with van der Waals surface area (Å²) in [5, 5.41) is 20.1. The van der Waals surface area contributed by atoms with E-state index in [0.29, 0.717) is 43.6 Å². The number of fused-ring (bicyclic) bond motifs is 2. The van der Waals surface area contributed by atoms with E-state index in [0.717, 1.165) is 0 Å². The molecule has 0 saturated carbocycles. The van der Waals surface area contributed by atoms with Crippen LogP contribution in [0, 0.1) is 17.1 Å². The molecule has 2 aliphatic heterocycles. The molecule has 21 heavy (non-hydrogen) atoms. The molecule has 1 N–H and O–H groups in total. The van der Waals surface area contributed by atoms with Crippen molar-refractivity contribution in [1.29, 1.82) is 5.26 Å². The van der Waals surface area contributed by atoms with Crippen molar-refractivity contribution in [2.75, 3.05) is 20.3 Å². The van der Waals surface area contributed by atoms with Crippen LogP contribution in [-0.4, -0.2) is 48.0 Å². The second kappa shape index (κ2) is 5.38. The van der Waals surface area contributed by atoms with E-state index in [1.807, 2.05) is 6.07 Å². The third-order valence-corrected chi connectivity index (χ3v) is 4.72. The fraction of sp³-hybridized carbons (Fsp3) is 0.562. The molecule has 2 bridgehead atoms. The van der Waals surface area contributed by atoms with Crippen molar-refractivity contribution in [3.05, 3.63) is 35.1 Å². The highest BCUT2D eigenvalue weighted by molar-refractivity contribution is 5.39. The number of likely N-dealkylation sites (N-methyl/N-ethyl adjacent to an activating group) is 1. The molecule has 2 atom stereocenters. The first kappa shape index (κ1) is 14.5. The highest BCUT2D eigenvalue weighted by Crippen LogP contribution is 2.36. The number of hydrogen-bond donors (Lipinski definition) is 1. The van der Waals surface area contributed by atoms with Crippen LogP contribution in [0.5, 0.6) is 0 Å². The topological polar surface area (TPSA) is 56.5 Å². The Balaban J connectivity index is 1.83. The maximum Gasteiger partial charge on any atom is 0.124 e. The molecule has 1 aromatic carbocycles. The minimum atomic E-state index is -0.852. The number of morpholine rings is 1. The first-order valence-corrected chi connectivity index (χ1v) is 7.21. The lowest BCUT2D eigenvalue weighted by Crippen LogP contribution is -2.60. The van der Waals surface area contributed by atoms with Crippen LogP contribution in [0.3, 0.4) is 0 Å². The maximum absolute atomic E-state index is 13.2. The Bertz CT molecular complexity index is 570. The number of halogens is 1. The minimum Gasteiger partial charge on any atom is -0.389 e. The van der Waals surface area contributed by atoms with Gasteiger partial charge in [0, 0.05) is 18.5 Å². The predicted molar refractivity (Wildman–Crippen MR) is 75.2 cm³/mol. The van der Waals surface area contributed by atoms with E-state index in [-0.39, 0.29) is 12.1 Å². The fourth-order valence-electron chi connectivity index (χ4n) is 3.55. The van der Waals surface area contributed by atoms with E-state index in [4.69, 9.17) is 10.00 Å². The van der Waals surface area contributed by atoms with Crippen LogP contribution in [0.1, 0.15) is 24.0 Å². The van der Waals surface area contributed by atoms with Gasteiger partial charge in [-0.05, 0) is 37.6 Å². The number of hydrogen-bond acceptors (Lipinski definition) is 4. The second-order valence-corrected chi connectivity index (χ2v) is 6.23. The fourth-order valence-corrected chi connectivity index (χ4v) is 3.55. The average molecular weight is 290 g/mol. The molecule has 2 fully saturated rings. The van der Waals surface area contributed by atoms with Gasteiger partial charge in [-0.25, -0.2) is 4.39 Å². The largest absolute Gasteiger partial charge is 0.389 e. The Hall–Kier alpha value is -1.48. The molecular weight excluding hydrogens is 271 g/mol. The molecule has 4 nitrogen and oxygen atoms in total. The molecule has 2 aliphatic rings. The molecule has 3 rings (SSSR count).